The Morgan fingerprint density at radius 3 is 2.00 bits per heavy atom. The standard InChI is InChI=1S/C8H11F6NO6S2/c9-6(10,7(11,12)22-21-20-16)8(13,14)23(17,18)19-15-4-2-1-3-5-15/h16H,1-5H2. The van der Waals surface area contributed by atoms with Crippen molar-refractivity contribution in [2.75, 3.05) is 13.1 Å². The van der Waals surface area contributed by atoms with Crippen molar-refractivity contribution in [3.05, 3.63) is 0 Å². The minimum atomic E-state index is -6.43. The zero-order valence-electron chi connectivity index (χ0n) is 11.1. The van der Waals surface area contributed by atoms with Gasteiger partial charge in [0.2, 0.25) is 0 Å². The molecule has 138 valence electrons. The second kappa shape index (κ2) is 7.28. The van der Waals surface area contributed by atoms with E-state index in [0.717, 1.165) is 0 Å². The van der Waals surface area contributed by atoms with Gasteiger partial charge in [-0.1, -0.05) is 11.5 Å². The fourth-order valence-corrected chi connectivity index (χ4v) is 2.94. The van der Waals surface area contributed by atoms with Crippen LogP contribution in [-0.2, 0) is 23.8 Å². The maximum atomic E-state index is 13.5. The molecule has 7 nitrogen and oxygen atoms in total. The molecule has 1 aliphatic rings. The molecule has 0 aromatic rings. The molecule has 1 saturated heterocycles. The molecule has 0 bridgehead atoms. The van der Waals surface area contributed by atoms with Crippen molar-refractivity contribution < 1.29 is 53.7 Å². The van der Waals surface area contributed by atoms with Crippen LogP contribution >= 0.6 is 12.0 Å². The molecule has 1 N–H and O–H groups in total. The van der Waals surface area contributed by atoms with E-state index in [9.17, 15) is 34.8 Å². The zero-order chi connectivity index (χ0) is 17.9. The Kier molecular flexibility index (Phi) is 6.56. The van der Waals surface area contributed by atoms with Gasteiger partial charge >= 0.3 is 26.5 Å². The largest absolute Gasteiger partial charge is 0.440 e. The summed E-state index contributed by atoms with van der Waals surface area (Å²) >= 11 is -1.69. The maximum Gasteiger partial charge on any atom is 0.440 e. The van der Waals surface area contributed by atoms with Crippen molar-refractivity contribution >= 4 is 22.2 Å². The number of alkyl halides is 6. The van der Waals surface area contributed by atoms with Gasteiger partial charge in [0.1, 0.15) is 12.0 Å². The van der Waals surface area contributed by atoms with Crippen molar-refractivity contribution in [1.82, 2.24) is 5.06 Å². The first-order valence-corrected chi connectivity index (χ1v) is 8.02. The van der Waals surface area contributed by atoms with Crippen LogP contribution in [0.4, 0.5) is 26.3 Å². The van der Waals surface area contributed by atoms with Crippen LogP contribution < -0.4 is 0 Å². The van der Waals surface area contributed by atoms with E-state index in [1.165, 1.54) is 0 Å². The third kappa shape index (κ3) is 4.21. The molecule has 23 heavy (non-hydrogen) atoms. The Morgan fingerprint density at radius 2 is 1.52 bits per heavy atom. The SMILES string of the molecule is O=S(=O)(ON1CCCCC1)C(F)(F)C(F)(F)C(F)(F)SOOO. The number of piperidine rings is 1. The smallest absolute Gasteiger partial charge is 0.220 e. The average Bonchev–Trinajstić information content (AvgIpc) is 2.45. The molecular formula is C8H11F6NO6S2. The lowest BCUT2D eigenvalue weighted by Gasteiger charge is -2.32. The number of hydrogen-bond acceptors (Lipinski definition) is 8. The van der Waals surface area contributed by atoms with Crippen LogP contribution in [0.15, 0.2) is 0 Å². The van der Waals surface area contributed by atoms with Gasteiger partial charge in [-0.25, -0.2) is 5.26 Å². The van der Waals surface area contributed by atoms with Gasteiger partial charge in [-0.15, -0.1) is 4.33 Å². The van der Waals surface area contributed by atoms with Crippen LogP contribution in [0.5, 0.6) is 0 Å². The monoisotopic (exact) mass is 395 g/mol. The zero-order valence-corrected chi connectivity index (χ0v) is 12.7. The van der Waals surface area contributed by atoms with E-state index in [1.807, 2.05) is 0 Å². The summed E-state index contributed by atoms with van der Waals surface area (Å²) in [5, 5.41) is -1.35. The van der Waals surface area contributed by atoms with Gasteiger partial charge in [0, 0.05) is 13.1 Å². The summed E-state index contributed by atoms with van der Waals surface area (Å²) in [6.45, 7) is -0.291. The van der Waals surface area contributed by atoms with E-state index >= 15 is 0 Å². The molecule has 0 aromatic carbocycles. The molecule has 1 fully saturated rings. The van der Waals surface area contributed by atoms with E-state index in [0.29, 0.717) is 24.3 Å². The molecule has 15 heteroatoms. The fourth-order valence-electron chi connectivity index (χ4n) is 1.56. The second-order valence-corrected chi connectivity index (χ2v) is 6.74. The summed E-state index contributed by atoms with van der Waals surface area (Å²) in [4.78, 5) is 0. The van der Waals surface area contributed by atoms with Crippen molar-refractivity contribution in [3.8, 4) is 0 Å². The van der Waals surface area contributed by atoms with E-state index in [1.54, 1.807) is 0 Å². The lowest BCUT2D eigenvalue weighted by atomic mass is 10.2. The highest BCUT2D eigenvalue weighted by molar-refractivity contribution is 7.95. The Bertz CT molecular complexity index is 497. The first-order chi connectivity index (χ1) is 10.4. The first kappa shape index (κ1) is 20.7. The van der Waals surface area contributed by atoms with Crippen LogP contribution in [-0.4, -0.2) is 48.3 Å². The van der Waals surface area contributed by atoms with Crippen molar-refractivity contribution in [1.29, 1.82) is 0 Å². The second-order valence-electron chi connectivity index (χ2n) is 4.35. The Labute approximate surface area is 130 Å². The number of hydroxylamine groups is 2. The third-order valence-electron chi connectivity index (χ3n) is 2.73. The highest BCUT2D eigenvalue weighted by Crippen LogP contribution is 2.53. The van der Waals surface area contributed by atoms with Crippen molar-refractivity contribution in [3.63, 3.8) is 0 Å². The molecule has 0 saturated carbocycles. The van der Waals surface area contributed by atoms with Gasteiger partial charge in [-0.3, -0.25) is 0 Å². The molecule has 0 aromatic heterocycles. The highest BCUT2D eigenvalue weighted by atomic mass is 32.2. The lowest BCUT2D eigenvalue weighted by molar-refractivity contribution is -0.434. The van der Waals surface area contributed by atoms with Gasteiger partial charge in [0.15, 0.2) is 0 Å². The quantitative estimate of drug-likeness (QED) is 0.291. The van der Waals surface area contributed by atoms with Crippen LogP contribution in [0.1, 0.15) is 19.3 Å². The number of nitrogens with zero attached hydrogens (tertiary/aromatic N) is 1. The Balaban J connectivity index is 3.00. The summed E-state index contributed by atoms with van der Waals surface area (Å²) in [6.07, 6.45) is 1.34. The fraction of sp³-hybridized carbons (Fsp3) is 1.00. The predicted molar refractivity (Wildman–Crippen MR) is 62.7 cm³/mol. The average molecular weight is 395 g/mol. The van der Waals surface area contributed by atoms with Crippen molar-refractivity contribution in [2.45, 2.75) is 35.7 Å². The highest BCUT2D eigenvalue weighted by Gasteiger charge is 2.79. The molecule has 1 rings (SSSR count). The van der Waals surface area contributed by atoms with Crippen LogP contribution in [0.3, 0.4) is 0 Å². The summed E-state index contributed by atoms with van der Waals surface area (Å²) in [5.41, 5.74) is 0. The van der Waals surface area contributed by atoms with Crippen molar-refractivity contribution in [2.24, 2.45) is 0 Å². The topological polar surface area (TPSA) is 85.3 Å². The number of hydrogen-bond donors (Lipinski definition) is 1. The molecule has 0 amide bonds. The molecule has 0 unspecified atom stereocenters. The summed E-state index contributed by atoms with van der Waals surface area (Å²) in [5.74, 6) is -6.43. The predicted octanol–water partition coefficient (Wildman–Crippen LogP) is 2.62. The minimum absolute atomic E-state index is 0.145. The molecule has 0 spiro atoms. The van der Waals surface area contributed by atoms with Gasteiger partial charge in [-0.05, 0) is 12.8 Å². The van der Waals surface area contributed by atoms with Crippen LogP contribution in [0.25, 0.3) is 0 Å². The molecule has 0 aliphatic carbocycles. The normalized spacial score (nSPS) is 19.1. The Morgan fingerprint density at radius 1 is 1.00 bits per heavy atom. The van der Waals surface area contributed by atoms with E-state index in [2.05, 4.69) is 13.7 Å². The van der Waals surface area contributed by atoms with Gasteiger partial charge in [-0.2, -0.15) is 44.1 Å². The Hall–Kier alpha value is -0.320. The molecule has 0 atom stereocenters. The van der Waals surface area contributed by atoms with Crippen LogP contribution in [0.2, 0.25) is 0 Å². The minimum Gasteiger partial charge on any atom is -0.220 e. The lowest BCUT2D eigenvalue weighted by Crippen LogP contribution is -2.57. The number of halogens is 6. The van der Waals surface area contributed by atoms with E-state index in [4.69, 9.17) is 5.26 Å². The van der Waals surface area contributed by atoms with E-state index < -0.39 is 38.6 Å². The summed E-state index contributed by atoms with van der Waals surface area (Å²) in [6, 6.07) is 0. The molecular weight excluding hydrogens is 384 g/mol. The third-order valence-corrected chi connectivity index (χ3v) is 4.62. The summed E-state index contributed by atoms with van der Waals surface area (Å²) < 4.78 is 109. The van der Waals surface area contributed by atoms with Crippen LogP contribution in [0, 0.1) is 0 Å². The first-order valence-electron chi connectivity index (χ1n) is 5.87. The number of rotatable bonds is 8. The molecule has 1 heterocycles. The summed E-state index contributed by atoms with van der Waals surface area (Å²) in [7, 11) is -6.43. The van der Waals surface area contributed by atoms with Gasteiger partial charge < -0.3 is 0 Å². The van der Waals surface area contributed by atoms with Gasteiger partial charge in [0.05, 0.1) is 0 Å². The van der Waals surface area contributed by atoms with E-state index in [-0.39, 0.29) is 13.1 Å². The molecule has 0 radical (unpaired) electrons. The van der Waals surface area contributed by atoms with Gasteiger partial charge in [0.25, 0.3) is 0 Å². The maximum absolute atomic E-state index is 13.5. The molecule has 1 aliphatic heterocycles.